The Hall–Kier alpha value is -2.62. The van der Waals surface area contributed by atoms with Crippen LogP contribution in [-0.2, 0) is 4.79 Å². The van der Waals surface area contributed by atoms with E-state index in [0.29, 0.717) is 21.3 Å². The number of nitrogens with zero attached hydrogens (tertiary/aromatic N) is 3. The molecule has 138 valence electrons. The summed E-state index contributed by atoms with van der Waals surface area (Å²) in [5.41, 5.74) is 1.03. The lowest BCUT2D eigenvalue weighted by Gasteiger charge is -2.05. The van der Waals surface area contributed by atoms with Crippen LogP contribution in [0.15, 0.2) is 52.1 Å². The molecule has 27 heavy (non-hydrogen) atoms. The molecule has 0 radical (unpaired) electrons. The number of halogens is 2. The number of aromatic nitrogens is 2. The highest BCUT2D eigenvalue weighted by molar-refractivity contribution is 7.99. The van der Waals surface area contributed by atoms with E-state index in [1.807, 2.05) is 0 Å². The molecule has 0 saturated heterocycles. The van der Waals surface area contributed by atoms with Gasteiger partial charge in [0.2, 0.25) is 11.8 Å². The number of hydrogen-bond donors (Lipinski definition) is 1. The van der Waals surface area contributed by atoms with E-state index < -0.39 is 4.92 Å². The Labute approximate surface area is 167 Å². The van der Waals surface area contributed by atoms with Crippen LogP contribution in [0.4, 0.5) is 11.4 Å². The van der Waals surface area contributed by atoms with Crippen LogP contribution in [0.25, 0.3) is 11.5 Å². The zero-order valence-corrected chi connectivity index (χ0v) is 15.7. The molecule has 0 fully saturated rings. The van der Waals surface area contributed by atoms with Gasteiger partial charge in [0, 0.05) is 23.4 Å². The summed E-state index contributed by atoms with van der Waals surface area (Å²) in [5, 5.41) is 22.0. The van der Waals surface area contributed by atoms with Gasteiger partial charge in [0.25, 0.3) is 10.9 Å². The Morgan fingerprint density at radius 3 is 2.56 bits per heavy atom. The standard InChI is InChI=1S/C16H10Cl2N4O4S/c17-12-6-3-10(7-13(12)18)19-14(23)8-27-16-21-20-15(26-16)9-1-4-11(5-2-9)22(24)25/h1-7H,8H2,(H,19,23). The van der Waals surface area contributed by atoms with Crippen molar-refractivity contribution in [3.05, 3.63) is 62.6 Å². The molecule has 1 amide bonds. The molecule has 0 spiro atoms. The fraction of sp³-hybridized carbons (Fsp3) is 0.0625. The first-order valence-electron chi connectivity index (χ1n) is 7.38. The Morgan fingerprint density at radius 2 is 1.89 bits per heavy atom. The van der Waals surface area contributed by atoms with Gasteiger partial charge in [-0.1, -0.05) is 35.0 Å². The maximum atomic E-state index is 12.0. The third-order valence-corrected chi connectivity index (χ3v) is 4.82. The van der Waals surface area contributed by atoms with E-state index >= 15 is 0 Å². The van der Waals surface area contributed by atoms with E-state index in [-0.39, 0.29) is 28.5 Å². The fourth-order valence-electron chi connectivity index (χ4n) is 2.01. The lowest BCUT2D eigenvalue weighted by Crippen LogP contribution is -2.13. The number of nitro groups is 1. The molecule has 0 aliphatic rings. The van der Waals surface area contributed by atoms with Crippen molar-refractivity contribution in [2.24, 2.45) is 0 Å². The molecular weight excluding hydrogens is 415 g/mol. The lowest BCUT2D eigenvalue weighted by atomic mass is 10.2. The quantitative estimate of drug-likeness (QED) is 0.347. The van der Waals surface area contributed by atoms with E-state index in [1.54, 1.807) is 18.2 Å². The van der Waals surface area contributed by atoms with Crippen molar-refractivity contribution >= 4 is 52.2 Å². The first-order valence-corrected chi connectivity index (χ1v) is 9.12. The number of non-ortho nitro benzene ring substituents is 1. The van der Waals surface area contributed by atoms with Crippen LogP contribution >= 0.6 is 35.0 Å². The number of anilines is 1. The minimum absolute atomic E-state index is 0.0353. The minimum atomic E-state index is -0.495. The number of amides is 1. The summed E-state index contributed by atoms with van der Waals surface area (Å²) in [6.45, 7) is 0. The van der Waals surface area contributed by atoms with E-state index in [4.69, 9.17) is 27.6 Å². The van der Waals surface area contributed by atoms with Crippen LogP contribution in [0.3, 0.4) is 0 Å². The van der Waals surface area contributed by atoms with Gasteiger partial charge in [-0.15, -0.1) is 10.2 Å². The van der Waals surface area contributed by atoms with Crippen molar-refractivity contribution in [3.63, 3.8) is 0 Å². The Morgan fingerprint density at radius 1 is 1.15 bits per heavy atom. The van der Waals surface area contributed by atoms with Crippen molar-refractivity contribution in [2.75, 3.05) is 11.1 Å². The second kappa shape index (κ2) is 8.38. The van der Waals surface area contributed by atoms with E-state index in [2.05, 4.69) is 15.5 Å². The summed E-state index contributed by atoms with van der Waals surface area (Å²) in [7, 11) is 0. The SMILES string of the molecule is O=C(CSc1nnc(-c2ccc([N+](=O)[O-])cc2)o1)Nc1ccc(Cl)c(Cl)c1. The third kappa shape index (κ3) is 4.97. The number of benzene rings is 2. The largest absolute Gasteiger partial charge is 0.411 e. The number of hydrogen-bond acceptors (Lipinski definition) is 7. The number of nitro benzene ring substituents is 1. The molecule has 8 nitrogen and oxygen atoms in total. The summed E-state index contributed by atoms with van der Waals surface area (Å²) < 4.78 is 5.46. The highest BCUT2D eigenvalue weighted by Crippen LogP contribution is 2.26. The number of thioether (sulfide) groups is 1. The summed E-state index contributed by atoms with van der Waals surface area (Å²) in [4.78, 5) is 22.2. The fourth-order valence-corrected chi connectivity index (χ4v) is 2.87. The van der Waals surface area contributed by atoms with Crippen molar-refractivity contribution < 1.29 is 14.1 Å². The van der Waals surface area contributed by atoms with Crippen LogP contribution in [0.5, 0.6) is 0 Å². The average Bonchev–Trinajstić information content (AvgIpc) is 3.12. The molecule has 0 aliphatic heterocycles. The first kappa shape index (κ1) is 19.2. The van der Waals surface area contributed by atoms with Crippen molar-refractivity contribution in [2.45, 2.75) is 5.22 Å². The van der Waals surface area contributed by atoms with Crippen LogP contribution in [-0.4, -0.2) is 26.8 Å². The molecule has 1 heterocycles. The van der Waals surface area contributed by atoms with Gasteiger partial charge in [-0.25, -0.2) is 0 Å². The van der Waals surface area contributed by atoms with Crippen molar-refractivity contribution in [1.82, 2.24) is 10.2 Å². The summed E-state index contributed by atoms with van der Waals surface area (Å²) >= 11 is 12.8. The summed E-state index contributed by atoms with van der Waals surface area (Å²) in [6, 6.07) is 10.5. The topological polar surface area (TPSA) is 111 Å². The second-order valence-corrected chi connectivity index (χ2v) is 6.88. The van der Waals surface area contributed by atoms with E-state index in [9.17, 15) is 14.9 Å². The second-order valence-electron chi connectivity index (χ2n) is 5.14. The molecule has 1 N–H and O–H groups in total. The van der Waals surface area contributed by atoms with Gasteiger partial charge in [-0.05, 0) is 30.3 Å². The monoisotopic (exact) mass is 424 g/mol. The molecule has 0 aliphatic carbocycles. The highest BCUT2D eigenvalue weighted by Gasteiger charge is 2.13. The molecule has 11 heteroatoms. The maximum Gasteiger partial charge on any atom is 0.277 e. The van der Waals surface area contributed by atoms with Gasteiger partial charge >= 0.3 is 0 Å². The number of carbonyl (C=O) groups is 1. The average molecular weight is 425 g/mol. The third-order valence-electron chi connectivity index (χ3n) is 3.26. The van der Waals surface area contributed by atoms with Gasteiger partial charge in [-0.3, -0.25) is 14.9 Å². The summed E-state index contributed by atoms with van der Waals surface area (Å²) in [6.07, 6.45) is 0. The van der Waals surface area contributed by atoms with Crippen molar-refractivity contribution in [3.8, 4) is 11.5 Å². The maximum absolute atomic E-state index is 12.0. The van der Waals surface area contributed by atoms with Crippen LogP contribution in [0.1, 0.15) is 0 Å². The predicted molar refractivity (Wildman–Crippen MR) is 102 cm³/mol. The van der Waals surface area contributed by atoms with Gasteiger partial charge in [0.1, 0.15) is 0 Å². The Kier molecular flexibility index (Phi) is 5.94. The highest BCUT2D eigenvalue weighted by atomic mass is 35.5. The van der Waals surface area contributed by atoms with Gasteiger partial charge < -0.3 is 9.73 Å². The van der Waals surface area contributed by atoms with Gasteiger partial charge in [-0.2, -0.15) is 0 Å². The Bertz CT molecular complexity index is 994. The summed E-state index contributed by atoms with van der Waals surface area (Å²) in [5.74, 6) is -0.0342. The predicted octanol–water partition coefficient (Wildman–Crippen LogP) is 4.68. The minimum Gasteiger partial charge on any atom is -0.411 e. The molecule has 0 saturated carbocycles. The number of nitrogens with one attached hydrogen (secondary N) is 1. The molecule has 0 bridgehead atoms. The molecule has 2 aromatic carbocycles. The first-order chi connectivity index (χ1) is 12.9. The lowest BCUT2D eigenvalue weighted by molar-refractivity contribution is -0.384. The number of rotatable bonds is 6. The Balaban J connectivity index is 1.58. The molecule has 0 unspecified atom stereocenters. The molecule has 3 aromatic rings. The molecular formula is C16H10Cl2N4O4S. The molecule has 3 rings (SSSR count). The molecule has 1 aromatic heterocycles. The molecule has 0 atom stereocenters. The van der Waals surface area contributed by atoms with Crippen LogP contribution in [0.2, 0.25) is 10.0 Å². The van der Waals surface area contributed by atoms with Gasteiger partial charge in [0.15, 0.2) is 0 Å². The van der Waals surface area contributed by atoms with E-state index in [0.717, 1.165) is 11.8 Å². The smallest absolute Gasteiger partial charge is 0.277 e. The number of carbonyl (C=O) groups excluding carboxylic acids is 1. The van der Waals surface area contributed by atoms with E-state index in [1.165, 1.54) is 24.3 Å². The van der Waals surface area contributed by atoms with Gasteiger partial charge in [0.05, 0.1) is 20.7 Å². The van der Waals surface area contributed by atoms with Crippen molar-refractivity contribution in [1.29, 1.82) is 0 Å². The zero-order valence-electron chi connectivity index (χ0n) is 13.4. The zero-order chi connectivity index (χ0) is 19.4. The normalized spacial score (nSPS) is 10.6. The van der Waals surface area contributed by atoms with Crippen LogP contribution < -0.4 is 5.32 Å². The van der Waals surface area contributed by atoms with Crippen LogP contribution in [0, 0.1) is 10.1 Å².